The lowest BCUT2D eigenvalue weighted by Gasteiger charge is -2.42. The zero-order chi connectivity index (χ0) is 19.0. The largest absolute Gasteiger partial charge is 0.457 e. The SMILES string of the molecule is CN1CCN(C(=O)c2ccccc2Oc2ccccc2)C2CS(=O)(=O)CC21. The summed E-state index contributed by atoms with van der Waals surface area (Å²) < 4.78 is 30.3. The summed E-state index contributed by atoms with van der Waals surface area (Å²) in [4.78, 5) is 17.1. The van der Waals surface area contributed by atoms with E-state index in [2.05, 4.69) is 0 Å². The van der Waals surface area contributed by atoms with Crippen molar-refractivity contribution in [1.82, 2.24) is 9.80 Å². The van der Waals surface area contributed by atoms with Crippen LogP contribution in [0.5, 0.6) is 11.5 Å². The molecule has 0 spiro atoms. The molecule has 1 amide bonds. The number of benzene rings is 2. The molecule has 27 heavy (non-hydrogen) atoms. The fourth-order valence-corrected chi connectivity index (χ4v) is 5.94. The number of hydrogen-bond acceptors (Lipinski definition) is 5. The van der Waals surface area contributed by atoms with Crippen LogP contribution in [0.4, 0.5) is 0 Å². The fraction of sp³-hybridized carbons (Fsp3) is 0.350. The van der Waals surface area contributed by atoms with Gasteiger partial charge < -0.3 is 9.64 Å². The Hall–Kier alpha value is -2.38. The maximum Gasteiger partial charge on any atom is 0.258 e. The Morgan fingerprint density at radius 3 is 2.41 bits per heavy atom. The summed E-state index contributed by atoms with van der Waals surface area (Å²) in [6.07, 6.45) is 0. The summed E-state index contributed by atoms with van der Waals surface area (Å²) in [5.74, 6) is 1.08. The molecule has 142 valence electrons. The van der Waals surface area contributed by atoms with Crippen LogP contribution in [-0.4, -0.2) is 67.9 Å². The molecule has 6 nitrogen and oxygen atoms in total. The van der Waals surface area contributed by atoms with E-state index in [0.717, 1.165) is 0 Å². The van der Waals surface area contributed by atoms with Gasteiger partial charge in [-0.3, -0.25) is 9.69 Å². The number of para-hydroxylation sites is 2. The molecule has 0 bridgehead atoms. The van der Waals surface area contributed by atoms with E-state index >= 15 is 0 Å². The van der Waals surface area contributed by atoms with Crippen LogP contribution in [-0.2, 0) is 9.84 Å². The van der Waals surface area contributed by atoms with Crippen molar-refractivity contribution in [2.24, 2.45) is 0 Å². The minimum absolute atomic E-state index is 0.0233. The average molecular weight is 386 g/mol. The number of nitrogens with zero attached hydrogens (tertiary/aromatic N) is 2. The van der Waals surface area contributed by atoms with Gasteiger partial charge in [0.05, 0.1) is 23.1 Å². The lowest BCUT2D eigenvalue weighted by molar-refractivity contribution is 0.0408. The maximum absolute atomic E-state index is 13.3. The number of likely N-dealkylation sites (N-methyl/N-ethyl adjacent to an activating group) is 1. The molecule has 0 radical (unpaired) electrons. The quantitative estimate of drug-likeness (QED) is 0.808. The van der Waals surface area contributed by atoms with Gasteiger partial charge in [0.2, 0.25) is 0 Å². The molecular formula is C20H22N2O4S. The molecule has 0 N–H and O–H groups in total. The molecule has 0 saturated carbocycles. The molecule has 2 saturated heterocycles. The van der Waals surface area contributed by atoms with Crippen molar-refractivity contribution in [1.29, 1.82) is 0 Å². The van der Waals surface area contributed by atoms with Crippen molar-refractivity contribution in [3.05, 3.63) is 60.2 Å². The number of fused-ring (bicyclic) bond motifs is 1. The topological polar surface area (TPSA) is 66.9 Å². The van der Waals surface area contributed by atoms with Gasteiger partial charge >= 0.3 is 0 Å². The highest BCUT2D eigenvalue weighted by Crippen LogP contribution is 2.31. The second-order valence-electron chi connectivity index (χ2n) is 7.10. The number of hydrogen-bond donors (Lipinski definition) is 0. The van der Waals surface area contributed by atoms with E-state index < -0.39 is 9.84 Å². The van der Waals surface area contributed by atoms with E-state index in [1.54, 1.807) is 23.1 Å². The predicted octanol–water partition coefficient (Wildman–Crippen LogP) is 2.03. The highest BCUT2D eigenvalue weighted by atomic mass is 32.2. The standard InChI is InChI=1S/C20H22N2O4S/c1-21-11-12-22(18-14-27(24,25)13-17(18)21)20(23)16-9-5-6-10-19(16)26-15-7-3-2-4-8-15/h2-10,17-18H,11-14H2,1H3. The molecule has 2 fully saturated rings. The summed E-state index contributed by atoms with van der Waals surface area (Å²) in [5, 5.41) is 0. The molecule has 2 atom stereocenters. The lowest BCUT2D eigenvalue weighted by atomic mass is 10.0. The van der Waals surface area contributed by atoms with E-state index in [1.165, 1.54) is 0 Å². The second-order valence-corrected chi connectivity index (χ2v) is 9.26. The third kappa shape index (κ3) is 3.57. The van der Waals surface area contributed by atoms with Gasteiger partial charge in [-0.25, -0.2) is 8.42 Å². The first kappa shape index (κ1) is 18.0. The van der Waals surface area contributed by atoms with Gasteiger partial charge in [0.1, 0.15) is 11.5 Å². The average Bonchev–Trinajstić information content (AvgIpc) is 2.99. The second kappa shape index (κ2) is 6.98. The van der Waals surface area contributed by atoms with Gasteiger partial charge in [-0.2, -0.15) is 0 Å². The van der Waals surface area contributed by atoms with Crippen molar-refractivity contribution in [3.8, 4) is 11.5 Å². The molecular weight excluding hydrogens is 364 g/mol. The van der Waals surface area contributed by atoms with Crippen molar-refractivity contribution in [2.45, 2.75) is 12.1 Å². The predicted molar refractivity (Wildman–Crippen MR) is 103 cm³/mol. The number of ether oxygens (including phenoxy) is 1. The zero-order valence-electron chi connectivity index (χ0n) is 15.1. The minimum atomic E-state index is -3.14. The van der Waals surface area contributed by atoms with Gasteiger partial charge in [0.25, 0.3) is 5.91 Å². The Labute approximate surface area is 159 Å². The normalized spacial score (nSPS) is 24.4. The number of sulfone groups is 1. The van der Waals surface area contributed by atoms with E-state index in [-0.39, 0.29) is 29.5 Å². The molecule has 2 aliphatic rings. The highest BCUT2D eigenvalue weighted by molar-refractivity contribution is 7.91. The number of piperazine rings is 1. The van der Waals surface area contributed by atoms with Crippen LogP contribution in [0.1, 0.15) is 10.4 Å². The van der Waals surface area contributed by atoms with Crippen molar-refractivity contribution in [3.63, 3.8) is 0 Å². The van der Waals surface area contributed by atoms with Crippen LogP contribution in [0.2, 0.25) is 0 Å². The monoisotopic (exact) mass is 386 g/mol. The fourth-order valence-electron chi connectivity index (χ4n) is 3.88. The van der Waals surface area contributed by atoms with Crippen LogP contribution in [0.3, 0.4) is 0 Å². The molecule has 2 unspecified atom stereocenters. The summed E-state index contributed by atoms with van der Waals surface area (Å²) in [6.45, 7) is 1.16. The summed E-state index contributed by atoms with van der Waals surface area (Å²) in [6, 6.07) is 16.0. The van der Waals surface area contributed by atoms with Gasteiger partial charge in [-0.1, -0.05) is 30.3 Å². The van der Waals surface area contributed by atoms with E-state index in [1.807, 2.05) is 48.3 Å². The van der Waals surface area contributed by atoms with Crippen molar-refractivity contribution < 1.29 is 17.9 Å². The number of carbonyl (C=O) groups is 1. The Morgan fingerprint density at radius 2 is 1.63 bits per heavy atom. The first-order chi connectivity index (χ1) is 12.9. The Balaban J connectivity index is 1.63. The summed E-state index contributed by atoms with van der Waals surface area (Å²) in [7, 11) is -1.21. The summed E-state index contributed by atoms with van der Waals surface area (Å²) in [5.41, 5.74) is 0.453. The molecule has 0 aromatic heterocycles. The first-order valence-corrected chi connectivity index (χ1v) is 10.8. The third-order valence-corrected chi connectivity index (χ3v) is 7.00. The highest BCUT2D eigenvalue weighted by Gasteiger charge is 2.47. The van der Waals surface area contributed by atoms with Gasteiger partial charge in [0, 0.05) is 19.1 Å². The van der Waals surface area contributed by atoms with Crippen LogP contribution < -0.4 is 4.74 Å². The Morgan fingerprint density at radius 1 is 0.963 bits per heavy atom. The third-order valence-electron chi connectivity index (χ3n) is 5.30. The smallest absolute Gasteiger partial charge is 0.258 e. The Kier molecular flexibility index (Phi) is 4.65. The Bertz CT molecular complexity index is 945. The maximum atomic E-state index is 13.3. The van der Waals surface area contributed by atoms with Gasteiger partial charge in [-0.05, 0) is 31.3 Å². The number of amides is 1. The van der Waals surface area contributed by atoms with Crippen LogP contribution >= 0.6 is 0 Å². The molecule has 2 aromatic carbocycles. The molecule has 2 aromatic rings. The minimum Gasteiger partial charge on any atom is -0.457 e. The number of carbonyl (C=O) groups excluding carboxylic acids is 1. The van der Waals surface area contributed by atoms with Crippen molar-refractivity contribution in [2.75, 3.05) is 31.6 Å². The van der Waals surface area contributed by atoms with Crippen molar-refractivity contribution >= 4 is 15.7 Å². The molecule has 2 aliphatic heterocycles. The van der Waals surface area contributed by atoms with Gasteiger partial charge in [-0.15, -0.1) is 0 Å². The molecule has 2 heterocycles. The number of rotatable bonds is 3. The molecule has 0 aliphatic carbocycles. The summed E-state index contributed by atoms with van der Waals surface area (Å²) >= 11 is 0. The van der Waals surface area contributed by atoms with Crippen LogP contribution in [0, 0.1) is 0 Å². The zero-order valence-corrected chi connectivity index (χ0v) is 15.9. The molecule has 4 rings (SSSR count). The van der Waals surface area contributed by atoms with Gasteiger partial charge in [0.15, 0.2) is 9.84 Å². The molecule has 7 heteroatoms. The van der Waals surface area contributed by atoms with Crippen LogP contribution in [0.25, 0.3) is 0 Å². The van der Waals surface area contributed by atoms with E-state index in [4.69, 9.17) is 4.74 Å². The first-order valence-electron chi connectivity index (χ1n) is 8.98. The lowest BCUT2D eigenvalue weighted by Crippen LogP contribution is -2.59. The van der Waals surface area contributed by atoms with Crippen LogP contribution in [0.15, 0.2) is 54.6 Å². The van der Waals surface area contributed by atoms with E-state index in [0.29, 0.717) is 30.2 Å². The van der Waals surface area contributed by atoms with E-state index in [9.17, 15) is 13.2 Å².